The maximum absolute atomic E-state index is 6.21. The lowest BCUT2D eigenvalue weighted by molar-refractivity contribution is 0.658. The van der Waals surface area contributed by atoms with Crippen molar-refractivity contribution in [3.05, 3.63) is 38.8 Å². The summed E-state index contributed by atoms with van der Waals surface area (Å²) in [4.78, 5) is 5.79. The van der Waals surface area contributed by atoms with Crippen LogP contribution in [0.25, 0.3) is 10.6 Å². The van der Waals surface area contributed by atoms with Gasteiger partial charge in [-0.3, -0.25) is 0 Å². The Kier molecular flexibility index (Phi) is 4.28. The molecule has 1 N–H and O–H groups in total. The van der Waals surface area contributed by atoms with Crippen LogP contribution in [0.2, 0.25) is 10.0 Å². The third-order valence-electron chi connectivity index (χ3n) is 2.84. The molecule has 0 spiro atoms. The SMILES string of the molecule is CNC(C)c1sc(-c2c(Cl)cccc2Cl)nc1C. The summed E-state index contributed by atoms with van der Waals surface area (Å²) in [5, 5.41) is 5.37. The molecule has 1 unspecified atom stereocenters. The van der Waals surface area contributed by atoms with E-state index in [4.69, 9.17) is 23.2 Å². The van der Waals surface area contributed by atoms with Gasteiger partial charge in [0.15, 0.2) is 0 Å². The van der Waals surface area contributed by atoms with E-state index in [9.17, 15) is 0 Å². The lowest BCUT2D eigenvalue weighted by Gasteiger charge is -2.07. The molecule has 18 heavy (non-hydrogen) atoms. The summed E-state index contributed by atoms with van der Waals surface area (Å²) >= 11 is 14.0. The summed E-state index contributed by atoms with van der Waals surface area (Å²) in [7, 11) is 1.94. The van der Waals surface area contributed by atoms with Gasteiger partial charge in [-0.25, -0.2) is 4.98 Å². The number of nitrogens with zero attached hydrogens (tertiary/aromatic N) is 1. The minimum Gasteiger partial charge on any atom is -0.312 e. The number of hydrogen-bond donors (Lipinski definition) is 1. The first-order chi connectivity index (χ1) is 8.54. The molecule has 0 amide bonds. The summed E-state index contributed by atoms with van der Waals surface area (Å²) in [6.07, 6.45) is 0. The van der Waals surface area contributed by atoms with E-state index < -0.39 is 0 Å². The average molecular weight is 301 g/mol. The average Bonchev–Trinajstić information content (AvgIpc) is 2.70. The van der Waals surface area contributed by atoms with E-state index in [1.54, 1.807) is 11.3 Å². The number of halogens is 2. The van der Waals surface area contributed by atoms with Crippen LogP contribution in [0.5, 0.6) is 0 Å². The number of hydrogen-bond acceptors (Lipinski definition) is 3. The van der Waals surface area contributed by atoms with E-state index in [2.05, 4.69) is 17.2 Å². The highest BCUT2D eigenvalue weighted by molar-refractivity contribution is 7.15. The van der Waals surface area contributed by atoms with Crippen LogP contribution in [0.4, 0.5) is 0 Å². The van der Waals surface area contributed by atoms with Crippen molar-refractivity contribution in [1.29, 1.82) is 0 Å². The molecule has 0 saturated carbocycles. The predicted octanol–water partition coefficient (Wildman–Crippen LogP) is 4.71. The second kappa shape index (κ2) is 5.57. The Morgan fingerprint density at radius 1 is 1.28 bits per heavy atom. The number of aryl methyl sites for hydroxylation is 1. The Hall–Kier alpha value is -0.610. The molecule has 0 aliphatic heterocycles. The Labute approximate surface area is 121 Å². The Morgan fingerprint density at radius 2 is 1.89 bits per heavy atom. The molecule has 2 nitrogen and oxygen atoms in total. The second-order valence-corrected chi connectivity index (χ2v) is 5.92. The fourth-order valence-electron chi connectivity index (χ4n) is 1.75. The molecule has 0 fully saturated rings. The van der Waals surface area contributed by atoms with Gasteiger partial charge in [-0.15, -0.1) is 11.3 Å². The fourth-order valence-corrected chi connectivity index (χ4v) is 3.64. The normalized spacial score (nSPS) is 12.7. The Bertz CT molecular complexity index is 546. The third-order valence-corrected chi connectivity index (χ3v) is 4.82. The highest BCUT2D eigenvalue weighted by Gasteiger charge is 2.17. The zero-order chi connectivity index (χ0) is 13.3. The van der Waals surface area contributed by atoms with Crippen LogP contribution in [0.15, 0.2) is 18.2 Å². The number of nitrogens with one attached hydrogen (secondary N) is 1. The van der Waals surface area contributed by atoms with Gasteiger partial charge in [0.1, 0.15) is 5.01 Å². The molecule has 0 saturated heterocycles. The van der Waals surface area contributed by atoms with Crippen LogP contribution < -0.4 is 5.32 Å². The van der Waals surface area contributed by atoms with Crippen LogP contribution in [-0.2, 0) is 0 Å². The van der Waals surface area contributed by atoms with E-state index in [0.29, 0.717) is 10.0 Å². The molecule has 0 bridgehead atoms. The van der Waals surface area contributed by atoms with E-state index in [0.717, 1.165) is 16.3 Å². The van der Waals surface area contributed by atoms with Crippen molar-refractivity contribution in [3.8, 4) is 10.6 Å². The molecular weight excluding hydrogens is 287 g/mol. The third kappa shape index (κ3) is 2.54. The van der Waals surface area contributed by atoms with Crippen molar-refractivity contribution in [2.45, 2.75) is 19.9 Å². The number of thiazole rings is 1. The molecule has 0 aliphatic carbocycles. The van der Waals surface area contributed by atoms with Crippen molar-refractivity contribution in [2.24, 2.45) is 0 Å². The van der Waals surface area contributed by atoms with Gasteiger partial charge < -0.3 is 5.32 Å². The van der Waals surface area contributed by atoms with Gasteiger partial charge >= 0.3 is 0 Å². The molecule has 0 radical (unpaired) electrons. The van der Waals surface area contributed by atoms with E-state index in [1.165, 1.54) is 4.88 Å². The summed E-state index contributed by atoms with van der Waals surface area (Å²) in [6.45, 7) is 4.12. The van der Waals surface area contributed by atoms with Crippen molar-refractivity contribution >= 4 is 34.5 Å². The van der Waals surface area contributed by atoms with Gasteiger partial charge in [0.05, 0.1) is 15.7 Å². The maximum atomic E-state index is 6.21. The van der Waals surface area contributed by atoms with Crippen molar-refractivity contribution in [3.63, 3.8) is 0 Å². The smallest absolute Gasteiger partial charge is 0.126 e. The van der Waals surface area contributed by atoms with Crippen molar-refractivity contribution < 1.29 is 0 Å². The Balaban J connectivity index is 2.53. The largest absolute Gasteiger partial charge is 0.312 e. The van der Waals surface area contributed by atoms with Crippen LogP contribution in [0.1, 0.15) is 23.5 Å². The van der Waals surface area contributed by atoms with Crippen LogP contribution >= 0.6 is 34.5 Å². The van der Waals surface area contributed by atoms with Gasteiger partial charge in [0.25, 0.3) is 0 Å². The van der Waals surface area contributed by atoms with Gasteiger partial charge in [-0.1, -0.05) is 29.3 Å². The molecule has 2 rings (SSSR count). The number of benzene rings is 1. The van der Waals surface area contributed by atoms with Crippen molar-refractivity contribution in [2.75, 3.05) is 7.05 Å². The molecule has 5 heteroatoms. The first-order valence-electron chi connectivity index (χ1n) is 5.63. The summed E-state index contributed by atoms with van der Waals surface area (Å²) in [5.41, 5.74) is 1.84. The molecule has 1 aromatic carbocycles. The van der Waals surface area contributed by atoms with Crippen molar-refractivity contribution in [1.82, 2.24) is 10.3 Å². The van der Waals surface area contributed by atoms with E-state index in [1.807, 2.05) is 32.2 Å². The summed E-state index contributed by atoms with van der Waals surface area (Å²) < 4.78 is 0. The molecule has 96 valence electrons. The number of aromatic nitrogens is 1. The molecular formula is C13H14Cl2N2S. The van der Waals surface area contributed by atoms with Crippen LogP contribution in [0, 0.1) is 6.92 Å². The van der Waals surface area contributed by atoms with Crippen LogP contribution in [-0.4, -0.2) is 12.0 Å². The highest BCUT2D eigenvalue weighted by atomic mass is 35.5. The minimum absolute atomic E-state index is 0.275. The monoisotopic (exact) mass is 300 g/mol. The summed E-state index contributed by atoms with van der Waals surface area (Å²) in [6, 6.07) is 5.78. The first kappa shape index (κ1) is 13.8. The second-order valence-electron chi connectivity index (χ2n) is 4.08. The molecule has 1 aromatic heterocycles. The van der Waals surface area contributed by atoms with E-state index >= 15 is 0 Å². The van der Waals surface area contributed by atoms with Gasteiger partial charge in [-0.05, 0) is 33.0 Å². The summed E-state index contributed by atoms with van der Waals surface area (Å²) in [5.74, 6) is 0. The zero-order valence-corrected chi connectivity index (χ0v) is 12.7. The maximum Gasteiger partial charge on any atom is 0.126 e. The highest BCUT2D eigenvalue weighted by Crippen LogP contribution is 2.39. The fraction of sp³-hybridized carbons (Fsp3) is 0.308. The van der Waals surface area contributed by atoms with Crippen LogP contribution in [0.3, 0.4) is 0 Å². The molecule has 0 aliphatic rings. The topological polar surface area (TPSA) is 24.9 Å². The lowest BCUT2D eigenvalue weighted by Crippen LogP contribution is -2.11. The quantitative estimate of drug-likeness (QED) is 0.888. The minimum atomic E-state index is 0.275. The molecule has 2 aromatic rings. The first-order valence-corrected chi connectivity index (χ1v) is 7.20. The molecule has 1 atom stereocenters. The van der Waals surface area contributed by atoms with Gasteiger partial charge in [-0.2, -0.15) is 0 Å². The van der Waals surface area contributed by atoms with E-state index in [-0.39, 0.29) is 6.04 Å². The Morgan fingerprint density at radius 3 is 2.44 bits per heavy atom. The predicted molar refractivity (Wildman–Crippen MR) is 79.8 cm³/mol. The van der Waals surface area contributed by atoms with Gasteiger partial charge in [0.2, 0.25) is 0 Å². The lowest BCUT2D eigenvalue weighted by atomic mass is 10.2. The standard InChI is InChI=1S/C13H14Cl2N2S/c1-7(16-3)12-8(2)17-13(18-12)11-9(14)5-4-6-10(11)15/h4-7,16H,1-3H3. The zero-order valence-electron chi connectivity index (χ0n) is 10.4. The molecule has 1 heterocycles. The van der Waals surface area contributed by atoms with Gasteiger partial charge in [0, 0.05) is 16.5 Å². The number of rotatable bonds is 3.